The van der Waals surface area contributed by atoms with E-state index in [0.717, 1.165) is 46.1 Å². The van der Waals surface area contributed by atoms with Crippen molar-refractivity contribution in [1.29, 1.82) is 0 Å². The number of aromatic nitrogens is 1. The highest BCUT2D eigenvalue weighted by molar-refractivity contribution is 7.90. The van der Waals surface area contributed by atoms with E-state index in [1.807, 2.05) is 6.92 Å². The number of rotatable bonds is 5. The maximum absolute atomic E-state index is 14.7. The van der Waals surface area contributed by atoms with Gasteiger partial charge < -0.3 is 4.74 Å². The van der Waals surface area contributed by atoms with Crippen LogP contribution in [-0.4, -0.2) is 18.8 Å². The first-order valence-corrected chi connectivity index (χ1v) is 11.6. The van der Waals surface area contributed by atoms with Crippen LogP contribution in [-0.2, 0) is 16.4 Å². The summed E-state index contributed by atoms with van der Waals surface area (Å²) in [5.74, 6) is -1.09. The van der Waals surface area contributed by atoms with Crippen LogP contribution in [0.5, 0.6) is 5.75 Å². The molecule has 32 heavy (non-hydrogen) atoms. The van der Waals surface area contributed by atoms with Crippen LogP contribution in [0.2, 0.25) is 5.02 Å². The molecule has 1 aliphatic carbocycles. The minimum absolute atomic E-state index is 0.127. The van der Waals surface area contributed by atoms with Gasteiger partial charge in [-0.25, -0.2) is 16.8 Å². The summed E-state index contributed by atoms with van der Waals surface area (Å²) in [5.41, 5.74) is 1.91. The summed E-state index contributed by atoms with van der Waals surface area (Å²) in [6, 6.07) is 8.47. The molecule has 0 aliphatic heterocycles. The van der Waals surface area contributed by atoms with Crippen LogP contribution in [0.25, 0.3) is 11.3 Å². The van der Waals surface area contributed by atoms with E-state index in [2.05, 4.69) is 4.74 Å². The molecule has 1 aliphatic rings. The number of benzene rings is 2. The Hall–Kier alpha value is -2.52. The summed E-state index contributed by atoms with van der Waals surface area (Å²) in [7, 11) is -4.35. The van der Waals surface area contributed by atoms with Crippen LogP contribution < -0.4 is 4.74 Å². The summed E-state index contributed by atoms with van der Waals surface area (Å²) in [6.45, 7) is 1.99. The molecule has 0 fully saturated rings. The Morgan fingerprint density at radius 3 is 2.53 bits per heavy atom. The van der Waals surface area contributed by atoms with E-state index < -0.39 is 37.9 Å². The Kier molecular flexibility index (Phi) is 5.75. The van der Waals surface area contributed by atoms with Gasteiger partial charge in [0.2, 0.25) is 0 Å². The van der Waals surface area contributed by atoms with E-state index >= 15 is 0 Å². The van der Waals surface area contributed by atoms with Crippen LogP contribution in [0, 0.1) is 5.82 Å². The molecule has 1 atom stereocenters. The molecule has 1 unspecified atom stereocenters. The first-order chi connectivity index (χ1) is 15.0. The van der Waals surface area contributed by atoms with Gasteiger partial charge in [0.15, 0.2) is 0 Å². The fourth-order valence-corrected chi connectivity index (χ4v) is 6.09. The normalized spacial score (nSPS) is 16.2. The summed E-state index contributed by atoms with van der Waals surface area (Å²) in [4.78, 5) is -0.409. The van der Waals surface area contributed by atoms with Crippen LogP contribution in [0.15, 0.2) is 53.6 Å². The number of halogens is 5. The lowest BCUT2D eigenvalue weighted by Gasteiger charge is -2.15. The van der Waals surface area contributed by atoms with Crippen molar-refractivity contribution < 1.29 is 30.7 Å². The van der Waals surface area contributed by atoms with Gasteiger partial charge in [0.1, 0.15) is 16.5 Å². The molecule has 1 aromatic heterocycles. The van der Waals surface area contributed by atoms with Gasteiger partial charge in [-0.3, -0.25) is 0 Å². The summed E-state index contributed by atoms with van der Waals surface area (Å²) in [5, 5.41) is -0.438. The van der Waals surface area contributed by atoms with Gasteiger partial charge >= 0.3 is 6.36 Å². The van der Waals surface area contributed by atoms with Crippen LogP contribution in [0.4, 0.5) is 17.6 Å². The van der Waals surface area contributed by atoms with Crippen LogP contribution >= 0.6 is 11.6 Å². The number of hydrogen-bond acceptors (Lipinski definition) is 3. The molecular formula is C22H18ClF4NO3S. The summed E-state index contributed by atoms with van der Waals surface area (Å²) in [6.07, 6.45) is -1.26. The molecule has 4 nitrogen and oxygen atoms in total. The molecule has 0 saturated carbocycles. The van der Waals surface area contributed by atoms with Crippen molar-refractivity contribution in [3.8, 4) is 17.0 Å². The van der Waals surface area contributed by atoms with Gasteiger partial charge in [0.25, 0.3) is 10.0 Å². The lowest BCUT2D eigenvalue weighted by atomic mass is 10.0. The van der Waals surface area contributed by atoms with Crippen molar-refractivity contribution in [2.45, 2.75) is 43.4 Å². The highest BCUT2D eigenvalue weighted by Crippen LogP contribution is 2.44. The molecular weight excluding hydrogens is 470 g/mol. The van der Waals surface area contributed by atoms with Crippen molar-refractivity contribution in [3.05, 3.63) is 70.6 Å². The zero-order valence-electron chi connectivity index (χ0n) is 16.8. The molecule has 0 spiro atoms. The smallest absolute Gasteiger partial charge is 0.406 e. The second-order valence-electron chi connectivity index (χ2n) is 7.48. The minimum atomic E-state index is -4.95. The van der Waals surface area contributed by atoms with E-state index in [4.69, 9.17) is 11.6 Å². The molecule has 0 radical (unpaired) electrons. The molecule has 2 aromatic carbocycles. The van der Waals surface area contributed by atoms with Gasteiger partial charge in [0.05, 0.1) is 10.7 Å². The summed E-state index contributed by atoms with van der Waals surface area (Å²) >= 11 is 6.06. The van der Waals surface area contributed by atoms with Crippen molar-refractivity contribution in [1.82, 2.24) is 3.97 Å². The Labute approximate surface area is 187 Å². The fourth-order valence-electron chi connectivity index (χ4n) is 4.17. The topological polar surface area (TPSA) is 48.3 Å². The molecule has 0 bridgehead atoms. The first kappa shape index (κ1) is 22.7. The van der Waals surface area contributed by atoms with Gasteiger partial charge in [-0.2, -0.15) is 0 Å². The quantitative estimate of drug-likeness (QED) is 0.385. The fraction of sp³-hybridized carbons (Fsp3) is 0.273. The average molecular weight is 488 g/mol. The van der Waals surface area contributed by atoms with E-state index in [0.29, 0.717) is 6.42 Å². The second kappa shape index (κ2) is 8.12. The zero-order valence-corrected chi connectivity index (χ0v) is 18.4. The second-order valence-corrected chi connectivity index (χ2v) is 9.67. The van der Waals surface area contributed by atoms with Crippen LogP contribution in [0.1, 0.15) is 36.8 Å². The Morgan fingerprint density at radius 1 is 1.19 bits per heavy atom. The summed E-state index contributed by atoms with van der Waals surface area (Å²) < 4.78 is 84.1. The molecule has 170 valence electrons. The van der Waals surface area contributed by atoms with Crippen molar-refractivity contribution in [2.75, 3.05) is 0 Å². The van der Waals surface area contributed by atoms with Gasteiger partial charge in [-0.05, 0) is 60.6 Å². The highest BCUT2D eigenvalue weighted by atomic mass is 35.5. The number of ether oxygens (including phenoxy) is 1. The van der Waals surface area contributed by atoms with Crippen molar-refractivity contribution in [2.24, 2.45) is 0 Å². The van der Waals surface area contributed by atoms with E-state index in [-0.39, 0.29) is 17.2 Å². The van der Waals surface area contributed by atoms with E-state index in [1.165, 1.54) is 24.4 Å². The molecule has 1 heterocycles. The van der Waals surface area contributed by atoms with Crippen molar-refractivity contribution in [3.63, 3.8) is 0 Å². The van der Waals surface area contributed by atoms with Crippen LogP contribution in [0.3, 0.4) is 0 Å². The molecule has 4 rings (SSSR count). The molecule has 3 aromatic rings. The third-order valence-corrected chi connectivity index (χ3v) is 7.73. The lowest BCUT2D eigenvalue weighted by molar-refractivity contribution is -0.274. The lowest BCUT2D eigenvalue weighted by Crippen LogP contribution is -2.18. The van der Waals surface area contributed by atoms with Gasteiger partial charge in [0, 0.05) is 17.8 Å². The number of hydrogen-bond donors (Lipinski definition) is 0. The Morgan fingerprint density at radius 2 is 1.91 bits per heavy atom. The Balaban J connectivity index is 1.89. The molecule has 0 amide bonds. The maximum Gasteiger partial charge on any atom is 0.573 e. The SMILES string of the molecule is CCC1CCc2c1cn(S(=O)(=O)c1ccc(OC(F)(F)F)cc1Cl)c2-c1ccccc1F. The minimum Gasteiger partial charge on any atom is -0.406 e. The first-order valence-electron chi connectivity index (χ1n) is 9.82. The zero-order chi connectivity index (χ0) is 23.3. The van der Waals surface area contributed by atoms with Gasteiger partial charge in [-0.15, -0.1) is 13.2 Å². The maximum atomic E-state index is 14.7. The van der Waals surface area contributed by atoms with Crippen molar-refractivity contribution >= 4 is 21.6 Å². The third-order valence-electron chi connectivity index (χ3n) is 5.59. The Bertz CT molecular complexity index is 1280. The molecule has 10 heteroatoms. The highest BCUT2D eigenvalue weighted by Gasteiger charge is 2.35. The molecule has 0 saturated heterocycles. The molecule has 0 N–H and O–H groups in total. The average Bonchev–Trinajstić information content (AvgIpc) is 3.26. The third kappa shape index (κ3) is 3.99. The predicted octanol–water partition coefficient (Wildman–Crippen LogP) is 6.52. The number of fused-ring (bicyclic) bond motifs is 1. The monoisotopic (exact) mass is 487 g/mol. The standard InChI is InChI=1S/C22H18ClF4NO3S/c1-2-13-7-9-15-17(13)12-28(21(15)16-5-3-4-6-19(16)24)32(29,30)20-10-8-14(11-18(20)23)31-22(25,26)27/h3-6,8,10-13H,2,7,9H2,1H3. The number of nitrogens with zero attached hydrogens (tertiary/aromatic N) is 1. The largest absolute Gasteiger partial charge is 0.573 e. The predicted molar refractivity (Wildman–Crippen MR) is 112 cm³/mol. The van der Waals surface area contributed by atoms with E-state index in [9.17, 15) is 26.0 Å². The number of alkyl halides is 3. The van der Waals surface area contributed by atoms with E-state index in [1.54, 1.807) is 6.07 Å². The van der Waals surface area contributed by atoms with Gasteiger partial charge in [-0.1, -0.05) is 30.7 Å².